The Morgan fingerprint density at radius 1 is 1.25 bits per heavy atom. The molecule has 0 radical (unpaired) electrons. The monoisotopic (exact) mass is 246 g/mol. The van der Waals surface area contributed by atoms with Crippen molar-refractivity contribution >= 4 is 10.0 Å². The Morgan fingerprint density at radius 3 is 2.19 bits per heavy atom. The minimum atomic E-state index is -3.48. The molecule has 0 aromatic rings. The van der Waals surface area contributed by atoms with Gasteiger partial charge in [0.1, 0.15) is 0 Å². The van der Waals surface area contributed by atoms with Crippen LogP contribution in [0, 0.1) is 17.2 Å². The van der Waals surface area contributed by atoms with E-state index < -0.39 is 15.3 Å². The molecule has 0 amide bonds. The van der Waals surface area contributed by atoms with E-state index in [1.807, 2.05) is 13.0 Å². The SMILES string of the molecule is CCC(C#N)S(=O)(=O)NC(C)CCC(C)C. The molecule has 0 aliphatic heterocycles. The van der Waals surface area contributed by atoms with Crippen molar-refractivity contribution in [2.45, 2.75) is 58.2 Å². The van der Waals surface area contributed by atoms with Gasteiger partial charge in [-0.15, -0.1) is 0 Å². The van der Waals surface area contributed by atoms with Crippen molar-refractivity contribution in [2.24, 2.45) is 5.92 Å². The van der Waals surface area contributed by atoms with Gasteiger partial charge >= 0.3 is 0 Å². The third-order valence-electron chi connectivity index (χ3n) is 2.43. The molecule has 16 heavy (non-hydrogen) atoms. The Labute approximate surface area is 99.1 Å². The second-order valence-corrected chi connectivity index (χ2v) is 6.46. The Bertz CT molecular complexity index is 330. The van der Waals surface area contributed by atoms with Crippen LogP contribution in [0.1, 0.15) is 47.0 Å². The quantitative estimate of drug-likeness (QED) is 0.747. The largest absolute Gasteiger partial charge is 0.228 e. The maximum absolute atomic E-state index is 11.7. The fourth-order valence-corrected chi connectivity index (χ4v) is 2.81. The van der Waals surface area contributed by atoms with E-state index in [0.29, 0.717) is 12.3 Å². The molecule has 0 rings (SSSR count). The first kappa shape index (κ1) is 15.4. The predicted octanol–water partition coefficient (Wildman–Crippen LogP) is 2.03. The van der Waals surface area contributed by atoms with Crippen molar-refractivity contribution in [3.8, 4) is 6.07 Å². The van der Waals surface area contributed by atoms with Crippen LogP contribution >= 0.6 is 0 Å². The van der Waals surface area contributed by atoms with Gasteiger partial charge in [-0.1, -0.05) is 20.8 Å². The van der Waals surface area contributed by atoms with Crippen molar-refractivity contribution in [2.75, 3.05) is 0 Å². The average molecular weight is 246 g/mol. The van der Waals surface area contributed by atoms with Crippen molar-refractivity contribution < 1.29 is 8.42 Å². The molecule has 0 aromatic carbocycles. The highest BCUT2D eigenvalue weighted by molar-refractivity contribution is 7.90. The van der Waals surface area contributed by atoms with Crippen LogP contribution in [0.2, 0.25) is 0 Å². The van der Waals surface area contributed by atoms with Gasteiger partial charge < -0.3 is 0 Å². The molecule has 0 heterocycles. The van der Waals surface area contributed by atoms with E-state index in [9.17, 15) is 8.42 Å². The van der Waals surface area contributed by atoms with Crippen LogP contribution in [0.15, 0.2) is 0 Å². The molecular weight excluding hydrogens is 224 g/mol. The van der Waals surface area contributed by atoms with Gasteiger partial charge in [0.2, 0.25) is 10.0 Å². The highest BCUT2D eigenvalue weighted by atomic mass is 32.2. The van der Waals surface area contributed by atoms with Gasteiger partial charge in [-0.3, -0.25) is 0 Å². The van der Waals surface area contributed by atoms with Crippen LogP contribution in [0.4, 0.5) is 0 Å². The summed E-state index contributed by atoms with van der Waals surface area (Å²) in [7, 11) is -3.48. The zero-order valence-corrected chi connectivity index (χ0v) is 11.3. The molecule has 0 aliphatic carbocycles. The first-order valence-electron chi connectivity index (χ1n) is 5.74. The summed E-state index contributed by atoms with van der Waals surface area (Å²) < 4.78 is 26.0. The molecule has 4 nitrogen and oxygen atoms in total. The molecule has 0 bridgehead atoms. The van der Waals surface area contributed by atoms with Crippen LogP contribution < -0.4 is 4.72 Å². The lowest BCUT2D eigenvalue weighted by molar-refractivity contribution is 0.483. The molecule has 0 saturated heterocycles. The molecule has 2 atom stereocenters. The molecule has 1 N–H and O–H groups in total. The van der Waals surface area contributed by atoms with E-state index in [1.165, 1.54) is 0 Å². The summed E-state index contributed by atoms with van der Waals surface area (Å²) in [5.41, 5.74) is 0. The summed E-state index contributed by atoms with van der Waals surface area (Å²) in [5.74, 6) is 0.560. The smallest absolute Gasteiger partial charge is 0.211 e. The van der Waals surface area contributed by atoms with Gasteiger partial charge in [-0.2, -0.15) is 5.26 Å². The zero-order valence-electron chi connectivity index (χ0n) is 10.5. The minimum Gasteiger partial charge on any atom is -0.211 e. The third kappa shape index (κ3) is 5.47. The van der Waals surface area contributed by atoms with Gasteiger partial charge in [0.05, 0.1) is 6.07 Å². The maximum Gasteiger partial charge on any atom is 0.228 e. The van der Waals surface area contributed by atoms with Crippen LogP contribution in [-0.4, -0.2) is 19.7 Å². The number of nitriles is 1. The van der Waals surface area contributed by atoms with Crippen molar-refractivity contribution in [3.63, 3.8) is 0 Å². The van der Waals surface area contributed by atoms with Crippen molar-refractivity contribution in [1.82, 2.24) is 4.72 Å². The summed E-state index contributed by atoms with van der Waals surface area (Å²) in [5, 5.41) is 7.79. The number of rotatable bonds is 7. The number of hydrogen-bond acceptors (Lipinski definition) is 3. The summed E-state index contributed by atoms with van der Waals surface area (Å²) >= 11 is 0. The first-order valence-corrected chi connectivity index (χ1v) is 7.28. The van der Waals surface area contributed by atoms with E-state index in [0.717, 1.165) is 12.8 Å². The van der Waals surface area contributed by atoms with Gasteiger partial charge in [0.25, 0.3) is 0 Å². The lowest BCUT2D eigenvalue weighted by Gasteiger charge is -2.17. The zero-order chi connectivity index (χ0) is 12.8. The fourth-order valence-electron chi connectivity index (χ4n) is 1.38. The fraction of sp³-hybridized carbons (Fsp3) is 0.909. The number of hydrogen-bond donors (Lipinski definition) is 1. The first-order chi connectivity index (χ1) is 7.33. The summed E-state index contributed by atoms with van der Waals surface area (Å²) in [6.07, 6.45) is 2.11. The Hall–Kier alpha value is -0.600. The topological polar surface area (TPSA) is 70.0 Å². The van der Waals surface area contributed by atoms with Crippen molar-refractivity contribution in [3.05, 3.63) is 0 Å². The maximum atomic E-state index is 11.7. The van der Waals surface area contributed by atoms with Gasteiger partial charge in [0.15, 0.2) is 5.25 Å². The number of sulfonamides is 1. The number of nitrogens with one attached hydrogen (secondary N) is 1. The van der Waals surface area contributed by atoms with E-state index >= 15 is 0 Å². The molecule has 94 valence electrons. The predicted molar refractivity (Wildman–Crippen MR) is 65.3 cm³/mol. The molecule has 5 heteroatoms. The minimum absolute atomic E-state index is 0.102. The molecule has 0 saturated carbocycles. The van der Waals surface area contributed by atoms with Crippen molar-refractivity contribution in [1.29, 1.82) is 5.26 Å². The lowest BCUT2D eigenvalue weighted by Crippen LogP contribution is -2.39. The van der Waals surface area contributed by atoms with Gasteiger partial charge in [-0.25, -0.2) is 13.1 Å². The standard InChI is InChI=1S/C11H22N2O2S/c1-5-11(8-12)16(14,15)13-10(4)7-6-9(2)3/h9-11,13H,5-7H2,1-4H3. The average Bonchev–Trinajstić information content (AvgIpc) is 2.15. The van der Waals surface area contributed by atoms with E-state index in [2.05, 4.69) is 18.6 Å². The summed E-state index contributed by atoms with van der Waals surface area (Å²) in [6.45, 7) is 7.74. The van der Waals surface area contributed by atoms with E-state index in [-0.39, 0.29) is 6.04 Å². The van der Waals surface area contributed by atoms with Gasteiger partial charge in [0, 0.05) is 6.04 Å². The number of nitrogens with zero attached hydrogens (tertiary/aromatic N) is 1. The molecular formula is C11H22N2O2S. The Morgan fingerprint density at radius 2 is 1.81 bits per heavy atom. The Kier molecular flexibility index (Phi) is 6.61. The van der Waals surface area contributed by atoms with Crippen LogP contribution in [-0.2, 0) is 10.0 Å². The van der Waals surface area contributed by atoms with Crippen LogP contribution in [0.3, 0.4) is 0 Å². The third-order valence-corrected chi connectivity index (χ3v) is 4.35. The molecule has 0 aliphatic rings. The lowest BCUT2D eigenvalue weighted by atomic mass is 10.1. The van der Waals surface area contributed by atoms with Crippen LogP contribution in [0.5, 0.6) is 0 Å². The highest BCUT2D eigenvalue weighted by Gasteiger charge is 2.24. The molecule has 0 aromatic heterocycles. The Balaban J connectivity index is 4.32. The second kappa shape index (κ2) is 6.87. The van der Waals surface area contributed by atoms with E-state index in [1.54, 1.807) is 6.92 Å². The molecule has 2 unspecified atom stereocenters. The summed E-state index contributed by atoms with van der Waals surface area (Å²) in [4.78, 5) is 0. The van der Waals surface area contributed by atoms with Crippen LogP contribution in [0.25, 0.3) is 0 Å². The molecule has 0 fully saturated rings. The molecule has 0 spiro atoms. The normalized spacial score (nSPS) is 15.8. The second-order valence-electron chi connectivity index (χ2n) is 4.56. The van der Waals surface area contributed by atoms with Gasteiger partial charge in [-0.05, 0) is 32.1 Å². The summed E-state index contributed by atoms with van der Waals surface area (Å²) in [6, 6.07) is 1.71. The highest BCUT2D eigenvalue weighted by Crippen LogP contribution is 2.09. The van der Waals surface area contributed by atoms with E-state index in [4.69, 9.17) is 5.26 Å².